The van der Waals surface area contributed by atoms with Crippen molar-refractivity contribution >= 4 is 27.5 Å². The molecule has 0 aliphatic carbocycles. The van der Waals surface area contributed by atoms with E-state index in [1.54, 1.807) is 6.07 Å². The minimum Gasteiger partial charge on any atom is -0.507 e. The van der Waals surface area contributed by atoms with Crippen LogP contribution >= 0.6 is 15.9 Å². The van der Waals surface area contributed by atoms with E-state index in [1.807, 2.05) is 0 Å². The summed E-state index contributed by atoms with van der Waals surface area (Å²) in [6.07, 6.45) is 0. The van der Waals surface area contributed by atoms with Gasteiger partial charge < -0.3 is 15.2 Å². The van der Waals surface area contributed by atoms with E-state index < -0.39 is 11.7 Å². The van der Waals surface area contributed by atoms with Crippen LogP contribution < -0.4 is 10.1 Å². The van der Waals surface area contributed by atoms with Crippen LogP contribution in [0, 0.1) is 5.82 Å². The van der Waals surface area contributed by atoms with Gasteiger partial charge in [-0.25, -0.2) is 4.39 Å². The Labute approximate surface area is 123 Å². The summed E-state index contributed by atoms with van der Waals surface area (Å²) in [7, 11) is 1.46. The highest BCUT2D eigenvalue weighted by atomic mass is 79.9. The van der Waals surface area contributed by atoms with Crippen molar-refractivity contribution in [3.05, 3.63) is 52.3 Å². The van der Waals surface area contributed by atoms with Gasteiger partial charge in [-0.1, -0.05) is 0 Å². The zero-order valence-corrected chi connectivity index (χ0v) is 12.1. The Kier molecular flexibility index (Phi) is 4.24. The standard InChI is InChI=1S/C14H11BrFNO3/c1-20-9-3-4-10(13(18)7-9)14(19)17-12-6-8(16)2-5-11(12)15/h2-7,18H,1H3,(H,17,19). The molecule has 2 aromatic rings. The summed E-state index contributed by atoms with van der Waals surface area (Å²) < 4.78 is 18.6. The van der Waals surface area contributed by atoms with Crippen LogP contribution in [0.15, 0.2) is 40.9 Å². The van der Waals surface area contributed by atoms with Crippen LogP contribution in [-0.4, -0.2) is 18.1 Å². The number of hydrogen-bond donors (Lipinski definition) is 2. The zero-order chi connectivity index (χ0) is 14.7. The van der Waals surface area contributed by atoms with Gasteiger partial charge in [-0.2, -0.15) is 0 Å². The summed E-state index contributed by atoms with van der Waals surface area (Å²) in [6.45, 7) is 0. The van der Waals surface area contributed by atoms with Gasteiger partial charge in [-0.05, 0) is 46.3 Å². The van der Waals surface area contributed by atoms with Gasteiger partial charge in [0.2, 0.25) is 0 Å². The van der Waals surface area contributed by atoms with Gasteiger partial charge in [0.25, 0.3) is 5.91 Å². The SMILES string of the molecule is COc1ccc(C(=O)Nc2cc(F)ccc2Br)c(O)c1. The van der Waals surface area contributed by atoms with Gasteiger partial charge in [0, 0.05) is 10.5 Å². The van der Waals surface area contributed by atoms with Gasteiger partial charge in [0.05, 0.1) is 18.4 Å². The normalized spacial score (nSPS) is 10.2. The molecule has 0 saturated heterocycles. The molecule has 20 heavy (non-hydrogen) atoms. The first kappa shape index (κ1) is 14.3. The first-order valence-corrected chi connectivity index (χ1v) is 6.44. The fourth-order valence-electron chi connectivity index (χ4n) is 1.61. The predicted octanol–water partition coefficient (Wildman–Crippen LogP) is 3.55. The molecule has 0 bridgehead atoms. The van der Waals surface area contributed by atoms with Gasteiger partial charge in [-0.3, -0.25) is 4.79 Å². The van der Waals surface area contributed by atoms with E-state index in [-0.39, 0.29) is 17.0 Å². The van der Waals surface area contributed by atoms with Crippen LogP contribution in [0.3, 0.4) is 0 Å². The van der Waals surface area contributed by atoms with Crippen molar-refractivity contribution in [3.63, 3.8) is 0 Å². The molecule has 0 saturated carbocycles. The van der Waals surface area contributed by atoms with E-state index in [2.05, 4.69) is 21.2 Å². The van der Waals surface area contributed by atoms with Crippen LogP contribution in [-0.2, 0) is 0 Å². The Bertz CT molecular complexity index is 661. The molecule has 1 amide bonds. The Balaban J connectivity index is 2.26. The maximum absolute atomic E-state index is 13.1. The van der Waals surface area contributed by atoms with Crippen LogP contribution in [0.4, 0.5) is 10.1 Å². The summed E-state index contributed by atoms with van der Waals surface area (Å²) in [5.41, 5.74) is 0.354. The van der Waals surface area contributed by atoms with Gasteiger partial charge in [0.1, 0.15) is 17.3 Å². The second kappa shape index (κ2) is 5.92. The van der Waals surface area contributed by atoms with Crippen molar-refractivity contribution in [2.45, 2.75) is 0 Å². The lowest BCUT2D eigenvalue weighted by molar-refractivity contribution is 0.102. The first-order chi connectivity index (χ1) is 9.51. The number of nitrogens with one attached hydrogen (secondary N) is 1. The quantitative estimate of drug-likeness (QED) is 0.898. The third kappa shape index (κ3) is 3.08. The minimum absolute atomic E-state index is 0.0713. The third-order valence-corrected chi connectivity index (χ3v) is 3.32. The van der Waals surface area contributed by atoms with E-state index in [4.69, 9.17) is 4.74 Å². The third-order valence-electron chi connectivity index (χ3n) is 2.63. The fourth-order valence-corrected chi connectivity index (χ4v) is 1.96. The number of anilines is 1. The number of aromatic hydroxyl groups is 1. The van der Waals surface area contributed by atoms with E-state index in [1.165, 1.54) is 37.4 Å². The Hall–Kier alpha value is -2.08. The lowest BCUT2D eigenvalue weighted by Gasteiger charge is -2.09. The molecule has 0 aromatic heterocycles. The predicted molar refractivity (Wildman–Crippen MR) is 76.7 cm³/mol. The van der Waals surface area contributed by atoms with Gasteiger partial charge in [0.15, 0.2) is 0 Å². The largest absolute Gasteiger partial charge is 0.507 e. The average molecular weight is 340 g/mol. The maximum Gasteiger partial charge on any atom is 0.259 e. The monoisotopic (exact) mass is 339 g/mol. The summed E-state index contributed by atoms with van der Waals surface area (Å²) in [6, 6.07) is 8.24. The molecule has 0 spiro atoms. The van der Waals surface area contributed by atoms with Crippen LogP contribution in [0.25, 0.3) is 0 Å². The van der Waals surface area contributed by atoms with Crippen LogP contribution in [0.1, 0.15) is 10.4 Å². The molecule has 0 heterocycles. The van der Waals surface area contributed by atoms with Crippen LogP contribution in [0.5, 0.6) is 11.5 Å². The second-order valence-electron chi connectivity index (χ2n) is 3.96. The molecule has 2 N–H and O–H groups in total. The molecule has 6 heteroatoms. The summed E-state index contributed by atoms with van der Waals surface area (Å²) in [4.78, 5) is 12.0. The number of ether oxygens (including phenoxy) is 1. The highest BCUT2D eigenvalue weighted by Gasteiger charge is 2.13. The number of carbonyl (C=O) groups is 1. The molecule has 0 aliphatic heterocycles. The number of carbonyl (C=O) groups excluding carboxylic acids is 1. The smallest absolute Gasteiger partial charge is 0.259 e. The Morgan fingerprint density at radius 3 is 2.70 bits per heavy atom. The molecular weight excluding hydrogens is 329 g/mol. The topological polar surface area (TPSA) is 58.6 Å². The van der Waals surface area contributed by atoms with Crippen molar-refractivity contribution in [1.82, 2.24) is 0 Å². The van der Waals surface area contributed by atoms with Gasteiger partial charge >= 0.3 is 0 Å². The van der Waals surface area contributed by atoms with Crippen molar-refractivity contribution in [2.75, 3.05) is 12.4 Å². The number of hydrogen-bond acceptors (Lipinski definition) is 3. The van der Waals surface area contributed by atoms with Gasteiger partial charge in [-0.15, -0.1) is 0 Å². The molecule has 2 rings (SSSR count). The highest BCUT2D eigenvalue weighted by molar-refractivity contribution is 9.10. The van der Waals surface area contributed by atoms with Crippen LogP contribution in [0.2, 0.25) is 0 Å². The number of benzene rings is 2. The molecule has 0 unspecified atom stereocenters. The number of phenols is 1. The molecule has 104 valence electrons. The second-order valence-corrected chi connectivity index (χ2v) is 4.82. The molecule has 4 nitrogen and oxygen atoms in total. The number of halogens is 2. The van der Waals surface area contributed by atoms with Crippen molar-refractivity contribution in [2.24, 2.45) is 0 Å². The number of methoxy groups -OCH3 is 1. The molecular formula is C14H11BrFNO3. The van der Waals surface area contributed by atoms with E-state index in [9.17, 15) is 14.3 Å². The van der Waals surface area contributed by atoms with Crippen molar-refractivity contribution < 1.29 is 19.0 Å². The Morgan fingerprint density at radius 1 is 1.30 bits per heavy atom. The number of phenolic OH excluding ortho intramolecular Hbond substituents is 1. The molecule has 0 fully saturated rings. The Morgan fingerprint density at radius 2 is 2.05 bits per heavy atom. The number of rotatable bonds is 3. The lowest BCUT2D eigenvalue weighted by atomic mass is 10.1. The van der Waals surface area contributed by atoms with E-state index >= 15 is 0 Å². The molecule has 2 aromatic carbocycles. The first-order valence-electron chi connectivity index (χ1n) is 5.64. The molecule has 0 atom stereocenters. The number of amides is 1. The fraction of sp³-hybridized carbons (Fsp3) is 0.0714. The van der Waals surface area contributed by atoms with E-state index in [0.717, 1.165) is 0 Å². The lowest BCUT2D eigenvalue weighted by Crippen LogP contribution is -2.12. The maximum atomic E-state index is 13.1. The van der Waals surface area contributed by atoms with E-state index in [0.29, 0.717) is 10.2 Å². The van der Waals surface area contributed by atoms with Crippen molar-refractivity contribution in [1.29, 1.82) is 0 Å². The summed E-state index contributed by atoms with van der Waals surface area (Å²) >= 11 is 3.21. The minimum atomic E-state index is -0.545. The summed E-state index contributed by atoms with van der Waals surface area (Å²) in [5, 5.41) is 12.3. The molecule has 0 aliphatic rings. The zero-order valence-electron chi connectivity index (χ0n) is 10.5. The highest BCUT2D eigenvalue weighted by Crippen LogP contribution is 2.27. The molecule has 0 radical (unpaired) electrons. The van der Waals surface area contributed by atoms with Crippen molar-refractivity contribution in [3.8, 4) is 11.5 Å². The average Bonchev–Trinajstić information content (AvgIpc) is 2.42. The summed E-state index contributed by atoms with van der Waals surface area (Å²) in [5.74, 6) is -0.792.